The number of benzene rings is 5. The summed E-state index contributed by atoms with van der Waals surface area (Å²) in [6.45, 7) is 0.159. The molecule has 0 aromatic heterocycles. The molecule has 0 N–H and O–H groups in total. The summed E-state index contributed by atoms with van der Waals surface area (Å²) in [5, 5.41) is 2.64. The summed E-state index contributed by atoms with van der Waals surface area (Å²) in [5.41, 5.74) is 10.7. The number of para-hydroxylation sites is 2. The van der Waals surface area contributed by atoms with Gasteiger partial charge in [0.2, 0.25) is 0 Å². The highest BCUT2D eigenvalue weighted by molar-refractivity contribution is 6.94. The lowest BCUT2D eigenvalue weighted by molar-refractivity contribution is 1.35. The van der Waals surface area contributed by atoms with Crippen LogP contribution >= 0.6 is 0 Å². The summed E-state index contributed by atoms with van der Waals surface area (Å²) >= 11 is 0. The van der Waals surface area contributed by atoms with Crippen molar-refractivity contribution in [2.24, 2.45) is 0 Å². The highest BCUT2D eigenvalue weighted by Gasteiger charge is 2.42. The van der Waals surface area contributed by atoms with Crippen LogP contribution < -0.4 is 15.7 Å². The number of nitrogens with zero attached hydrogens (tertiary/aromatic N) is 1. The number of rotatable bonds is 0. The molecule has 5 aromatic rings. The highest BCUT2D eigenvalue weighted by atomic mass is 15.1. The van der Waals surface area contributed by atoms with Crippen molar-refractivity contribution in [1.82, 2.24) is 0 Å². The number of hydrogen-bond donors (Lipinski definition) is 0. The second-order valence-electron chi connectivity index (χ2n) is 8.14. The van der Waals surface area contributed by atoms with E-state index < -0.39 is 0 Å². The first-order chi connectivity index (χ1) is 14.9. The molecule has 5 aromatic carbocycles. The van der Waals surface area contributed by atoms with Gasteiger partial charge in [-0.05, 0) is 45.0 Å². The molecule has 0 bridgehead atoms. The van der Waals surface area contributed by atoms with Gasteiger partial charge in [0.15, 0.2) is 0 Å². The molecule has 0 fully saturated rings. The Morgan fingerprint density at radius 2 is 1.07 bits per heavy atom. The first kappa shape index (κ1) is 16.1. The molecule has 1 nitrogen and oxygen atoms in total. The Bertz CT molecular complexity index is 1470. The molecule has 2 aliphatic rings. The fourth-order valence-corrected chi connectivity index (χ4v) is 5.46. The lowest BCUT2D eigenvalue weighted by Gasteiger charge is -2.43. The fourth-order valence-electron chi connectivity index (χ4n) is 5.46. The summed E-state index contributed by atoms with van der Waals surface area (Å²) < 4.78 is 0. The average molecular weight is 379 g/mol. The third-order valence-electron chi connectivity index (χ3n) is 6.67. The summed E-state index contributed by atoms with van der Waals surface area (Å²) in [6.07, 6.45) is 0. The highest BCUT2D eigenvalue weighted by Crippen LogP contribution is 2.46. The van der Waals surface area contributed by atoms with E-state index in [1.54, 1.807) is 0 Å². The van der Waals surface area contributed by atoms with Crippen LogP contribution in [-0.2, 0) is 0 Å². The van der Waals surface area contributed by atoms with Gasteiger partial charge in [0, 0.05) is 22.5 Å². The Morgan fingerprint density at radius 3 is 1.87 bits per heavy atom. The van der Waals surface area contributed by atoms with Gasteiger partial charge >= 0.3 is 6.85 Å². The molecule has 0 spiro atoms. The van der Waals surface area contributed by atoms with Crippen molar-refractivity contribution in [3.8, 4) is 22.3 Å². The van der Waals surface area contributed by atoms with E-state index in [2.05, 4.69) is 114 Å². The third-order valence-corrected chi connectivity index (χ3v) is 6.67. The molecular weight excluding hydrogens is 361 g/mol. The van der Waals surface area contributed by atoms with Gasteiger partial charge < -0.3 is 4.81 Å². The second kappa shape index (κ2) is 5.87. The molecule has 2 aliphatic heterocycles. The lowest BCUT2D eigenvalue weighted by atomic mass is 9.42. The molecular formula is C28H18BN. The zero-order chi connectivity index (χ0) is 19.7. The molecule has 0 amide bonds. The van der Waals surface area contributed by atoms with E-state index in [1.165, 1.54) is 55.3 Å². The summed E-state index contributed by atoms with van der Waals surface area (Å²) in [5.74, 6) is 0. The van der Waals surface area contributed by atoms with Crippen molar-refractivity contribution in [1.29, 1.82) is 0 Å². The van der Waals surface area contributed by atoms with E-state index in [1.807, 2.05) is 0 Å². The average Bonchev–Trinajstić information content (AvgIpc) is 2.83. The van der Waals surface area contributed by atoms with E-state index >= 15 is 0 Å². The van der Waals surface area contributed by atoms with E-state index in [4.69, 9.17) is 0 Å². The predicted octanol–water partition coefficient (Wildman–Crippen LogP) is 5.74. The van der Waals surface area contributed by atoms with Gasteiger partial charge in [0.05, 0.1) is 0 Å². The molecule has 0 aliphatic carbocycles. The molecule has 7 rings (SSSR count). The largest absolute Gasteiger partial charge is 0.376 e. The zero-order valence-electron chi connectivity index (χ0n) is 16.4. The van der Waals surface area contributed by atoms with Gasteiger partial charge in [-0.25, -0.2) is 0 Å². The van der Waals surface area contributed by atoms with Crippen LogP contribution in [0.25, 0.3) is 33.0 Å². The van der Waals surface area contributed by atoms with Gasteiger partial charge in [-0.2, -0.15) is 0 Å². The van der Waals surface area contributed by atoms with E-state index in [-0.39, 0.29) is 6.85 Å². The molecule has 0 unspecified atom stereocenters. The van der Waals surface area contributed by atoms with Crippen LogP contribution in [0.5, 0.6) is 0 Å². The van der Waals surface area contributed by atoms with Crippen molar-refractivity contribution < 1.29 is 0 Å². The van der Waals surface area contributed by atoms with Gasteiger partial charge in [0.1, 0.15) is 0 Å². The third kappa shape index (κ3) is 1.98. The van der Waals surface area contributed by atoms with Crippen molar-refractivity contribution in [2.75, 3.05) is 4.81 Å². The maximum atomic E-state index is 2.56. The molecule has 30 heavy (non-hydrogen) atoms. The van der Waals surface area contributed by atoms with E-state index in [0.29, 0.717) is 0 Å². The maximum absolute atomic E-state index is 2.56. The number of anilines is 2. The lowest BCUT2D eigenvalue weighted by Crippen LogP contribution is -2.59. The van der Waals surface area contributed by atoms with Crippen LogP contribution in [0, 0.1) is 0 Å². The van der Waals surface area contributed by atoms with Gasteiger partial charge in [-0.15, -0.1) is 0 Å². The minimum absolute atomic E-state index is 0.159. The quantitative estimate of drug-likeness (QED) is 0.310. The van der Waals surface area contributed by atoms with Crippen LogP contribution in [-0.4, -0.2) is 6.85 Å². The fraction of sp³-hybridized carbons (Fsp3) is 0. The zero-order valence-corrected chi connectivity index (χ0v) is 16.4. The molecule has 0 saturated heterocycles. The van der Waals surface area contributed by atoms with Crippen LogP contribution in [0.4, 0.5) is 11.4 Å². The summed E-state index contributed by atoms with van der Waals surface area (Å²) in [4.78, 5) is 2.56. The van der Waals surface area contributed by atoms with Crippen molar-refractivity contribution in [3.05, 3.63) is 109 Å². The van der Waals surface area contributed by atoms with Crippen molar-refractivity contribution >= 4 is 39.9 Å². The van der Waals surface area contributed by atoms with Gasteiger partial charge in [0.25, 0.3) is 0 Å². The second-order valence-corrected chi connectivity index (χ2v) is 8.14. The van der Waals surface area contributed by atoms with E-state index in [9.17, 15) is 0 Å². The Kier molecular flexibility index (Phi) is 3.14. The Morgan fingerprint density at radius 1 is 0.467 bits per heavy atom. The monoisotopic (exact) mass is 379 g/mol. The molecule has 2 heterocycles. The van der Waals surface area contributed by atoms with Crippen LogP contribution in [0.1, 0.15) is 0 Å². The predicted molar refractivity (Wildman–Crippen MR) is 128 cm³/mol. The summed E-state index contributed by atoms with van der Waals surface area (Å²) in [7, 11) is 0. The smallest absolute Gasteiger partial charge is 0.330 e. The normalized spacial score (nSPS) is 13.2. The number of hydrogen-bond acceptors (Lipinski definition) is 1. The van der Waals surface area contributed by atoms with Crippen LogP contribution in [0.15, 0.2) is 109 Å². The molecule has 0 atom stereocenters. The Labute approximate surface area is 176 Å². The first-order valence-corrected chi connectivity index (χ1v) is 10.5. The van der Waals surface area contributed by atoms with Gasteiger partial charge in [-0.3, -0.25) is 0 Å². The molecule has 0 radical (unpaired) electrons. The number of fused-ring (bicyclic) bond motifs is 13. The van der Waals surface area contributed by atoms with Crippen molar-refractivity contribution in [2.45, 2.75) is 0 Å². The van der Waals surface area contributed by atoms with E-state index in [0.717, 1.165) is 0 Å². The maximum Gasteiger partial charge on any atom is 0.330 e. The minimum atomic E-state index is 0.159. The molecule has 2 heteroatoms. The topological polar surface area (TPSA) is 3.24 Å². The van der Waals surface area contributed by atoms with Crippen LogP contribution in [0.2, 0.25) is 0 Å². The van der Waals surface area contributed by atoms with Gasteiger partial charge in [-0.1, -0.05) is 97.1 Å². The molecule has 138 valence electrons. The van der Waals surface area contributed by atoms with Crippen LogP contribution in [0.3, 0.4) is 0 Å². The Balaban J connectivity index is 1.69. The standard InChI is InChI=1S/C28H18BN/c1-2-10-20-19(9-1)17-18-24-23-13-5-8-16-27(23)30-26-15-7-4-12-22(26)21-11-3-6-14-25(21)29(30)28(20)24/h1-18H. The SMILES string of the molecule is c1ccc2c(c1)B1c3c(ccc4ccccc34)-c3ccccc3N1c1ccccc1-2. The molecule has 0 saturated carbocycles. The minimum Gasteiger partial charge on any atom is -0.376 e. The summed E-state index contributed by atoms with van der Waals surface area (Å²) in [6, 6.07) is 40.0. The Hall–Kier alpha value is -3.78. The van der Waals surface area contributed by atoms with Crippen molar-refractivity contribution in [3.63, 3.8) is 0 Å². The first-order valence-electron chi connectivity index (χ1n) is 10.5.